The first-order valence-electron chi connectivity index (χ1n) is 7.39. The fraction of sp³-hybridized carbons (Fsp3) is 0.438. The van der Waals surface area contributed by atoms with Gasteiger partial charge < -0.3 is 14.6 Å². The number of hydrogen-bond acceptors (Lipinski definition) is 5. The van der Waals surface area contributed by atoms with Crippen LogP contribution in [0.5, 0.6) is 5.75 Å². The highest BCUT2D eigenvalue weighted by Gasteiger charge is 2.22. The van der Waals surface area contributed by atoms with Crippen LogP contribution in [-0.4, -0.2) is 22.2 Å². The maximum absolute atomic E-state index is 13.1. The summed E-state index contributed by atoms with van der Waals surface area (Å²) in [6.07, 6.45) is -0.763. The minimum atomic E-state index is -0.763. The van der Waals surface area contributed by atoms with E-state index in [-0.39, 0.29) is 17.9 Å². The predicted octanol–water partition coefficient (Wildman–Crippen LogP) is 3.35. The Morgan fingerprint density at radius 3 is 2.75 bits per heavy atom. The minimum absolute atomic E-state index is 0.136. The van der Waals surface area contributed by atoms with E-state index in [0.29, 0.717) is 21.9 Å². The van der Waals surface area contributed by atoms with E-state index < -0.39 is 11.9 Å². The molecular formula is C16H19BrFN3O3. The summed E-state index contributed by atoms with van der Waals surface area (Å²) in [6.45, 7) is 7.61. The van der Waals surface area contributed by atoms with Crippen molar-refractivity contribution in [2.75, 3.05) is 0 Å². The Balaban J connectivity index is 1.91. The molecule has 0 aliphatic carbocycles. The number of amides is 1. The van der Waals surface area contributed by atoms with Crippen molar-refractivity contribution in [1.29, 1.82) is 0 Å². The Kier molecular flexibility index (Phi) is 5.58. The molecule has 2 aromatic rings. The van der Waals surface area contributed by atoms with E-state index in [1.54, 1.807) is 6.92 Å². The summed E-state index contributed by atoms with van der Waals surface area (Å²) in [4.78, 5) is 16.3. The Morgan fingerprint density at radius 1 is 1.46 bits per heavy atom. The molecule has 1 aromatic heterocycles. The van der Waals surface area contributed by atoms with Gasteiger partial charge in [0.1, 0.15) is 11.6 Å². The van der Waals surface area contributed by atoms with Gasteiger partial charge in [-0.05, 0) is 41.1 Å². The van der Waals surface area contributed by atoms with Crippen LogP contribution in [0.1, 0.15) is 39.4 Å². The quantitative estimate of drug-likeness (QED) is 0.833. The zero-order chi connectivity index (χ0) is 17.9. The van der Waals surface area contributed by atoms with Crippen molar-refractivity contribution in [2.24, 2.45) is 0 Å². The van der Waals surface area contributed by atoms with Gasteiger partial charge in [0.15, 0.2) is 11.9 Å². The van der Waals surface area contributed by atoms with Crippen molar-refractivity contribution in [2.45, 2.75) is 45.8 Å². The number of rotatable bonds is 5. The number of halogens is 2. The molecule has 8 heteroatoms. The Bertz CT molecular complexity index is 728. The van der Waals surface area contributed by atoms with Gasteiger partial charge in [-0.25, -0.2) is 4.39 Å². The average molecular weight is 400 g/mol. The Morgan fingerprint density at radius 2 is 2.17 bits per heavy atom. The summed E-state index contributed by atoms with van der Waals surface area (Å²) in [5.74, 6) is 0.551. The Hall–Kier alpha value is -1.96. The third-order valence-corrected chi connectivity index (χ3v) is 3.72. The normalized spacial score (nSPS) is 12.8. The summed E-state index contributed by atoms with van der Waals surface area (Å²) >= 11 is 3.19. The van der Waals surface area contributed by atoms with Gasteiger partial charge in [-0.2, -0.15) is 4.98 Å². The molecule has 0 aliphatic heterocycles. The average Bonchev–Trinajstić information content (AvgIpc) is 2.96. The molecule has 0 radical (unpaired) electrons. The molecule has 1 N–H and O–H groups in total. The number of aromatic nitrogens is 2. The van der Waals surface area contributed by atoms with E-state index in [1.807, 2.05) is 20.8 Å². The second-order valence-electron chi connectivity index (χ2n) is 6.32. The lowest BCUT2D eigenvalue weighted by Crippen LogP contribution is -2.36. The van der Waals surface area contributed by atoms with E-state index in [0.717, 1.165) is 0 Å². The van der Waals surface area contributed by atoms with Crippen LogP contribution in [0.4, 0.5) is 4.39 Å². The highest BCUT2D eigenvalue weighted by Crippen LogP contribution is 2.26. The summed E-state index contributed by atoms with van der Waals surface area (Å²) < 4.78 is 24.2. The van der Waals surface area contributed by atoms with E-state index in [4.69, 9.17) is 9.26 Å². The second-order valence-corrected chi connectivity index (χ2v) is 7.17. The van der Waals surface area contributed by atoms with E-state index in [9.17, 15) is 9.18 Å². The van der Waals surface area contributed by atoms with Crippen LogP contribution in [0, 0.1) is 5.82 Å². The van der Waals surface area contributed by atoms with E-state index in [2.05, 4.69) is 31.4 Å². The SMILES string of the molecule is CC(Oc1ccc(F)cc1Br)C(=O)NCc1noc(C(C)(C)C)n1. The molecule has 6 nitrogen and oxygen atoms in total. The molecular weight excluding hydrogens is 381 g/mol. The monoisotopic (exact) mass is 399 g/mol. The van der Waals surface area contributed by atoms with Crippen molar-refractivity contribution in [3.05, 3.63) is 40.2 Å². The molecule has 130 valence electrons. The van der Waals surface area contributed by atoms with Gasteiger partial charge in [0.2, 0.25) is 5.89 Å². The smallest absolute Gasteiger partial charge is 0.261 e. The highest BCUT2D eigenvalue weighted by atomic mass is 79.9. The molecule has 1 amide bonds. The van der Waals surface area contributed by atoms with Crippen LogP contribution in [0.25, 0.3) is 0 Å². The fourth-order valence-electron chi connectivity index (χ4n) is 1.76. The zero-order valence-electron chi connectivity index (χ0n) is 13.9. The van der Waals surface area contributed by atoms with Crippen molar-refractivity contribution >= 4 is 21.8 Å². The van der Waals surface area contributed by atoms with Gasteiger partial charge in [0.05, 0.1) is 11.0 Å². The van der Waals surface area contributed by atoms with Gasteiger partial charge in [-0.3, -0.25) is 4.79 Å². The summed E-state index contributed by atoms with van der Waals surface area (Å²) in [5, 5.41) is 6.51. The summed E-state index contributed by atoms with van der Waals surface area (Å²) in [5.41, 5.74) is -0.249. The predicted molar refractivity (Wildman–Crippen MR) is 89.0 cm³/mol. The topological polar surface area (TPSA) is 77.2 Å². The highest BCUT2D eigenvalue weighted by molar-refractivity contribution is 9.10. The first-order valence-corrected chi connectivity index (χ1v) is 8.18. The first kappa shape index (κ1) is 18.4. The van der Waals surface area contributed by atoms with Gasteiger partial charge in [0.25, 0.3) is 5.91 Å². The number of nitrogens with zero attached hydrogens (tertiary/aromatic N) is 2. The van der Waals surface area contributed by atoms with Crippen LogP contribution >= 0.6 is 15.9 Å². The molecule has 0 saturated carbocycles. The lowest BCUT2D eigenvalue weighted by molar-refractivity contribution is -0.127. The molecule has 0 aliphatic rings. The maximum Gasteiger partial charge on any atom is 0.261 e. The molecule has 24 heavy (non-hydrogen) atoms. The molecule has 0 bridgehead atoms. The van der Waals surface area contributed by atoms with E-state index >= 15 is 0 Å². The van der Waals surface area contributed by atoms with Gasteiger partial charge in [0, 0.05) is 5.41 Å². The van der Waals surface area contributed by atoms with Crippen molar-refractivity contribution < 1.29 is 18.4 Å². The van der Waals surface area contributed by atoms with Crippen LogP contribution in [-0.2, 0) is 16.8 Å². The number of carbonyl (C=O) groups excluding carboxylic acids is 1. The van der Waals surface area contributed by atoms with Gasteiger partial charge in [-0.15, -0.1) is 0 Å². The largest absolute Gasteiger partial charge is 0.480 e. The Labute approximate surface area is 147 Å². The zero-order valence-corrected chi connectivity index (χ0v) is 15.5. The molecule has 1 unspecified atom stereocenters. The summed E-state index contributed by atoms with van der Waals surface area (Å²) in [6, 6.07) is 3.99. The molecule has 0 spiro atoms. The van der Waals surface area contributed by atoms with Crippen LogP contribution in [0.2, 0.25) is 0 Å². The van der Waals surface area contributed by atoms with Gasteiger partial charge in [-0.1, -0.05) is 25.9 Å². The number of hydrogen-bond donors (Lipinski definition) is 1. The van der Waals surface area contributed by atoms with Crippen LogP contribution in [0.3, 0.4) is 0 Å². The second kappa shape index (κ2) is 7.29. The number of carbonyl (C=O) groups is 1. The molecule has 1 heterocycles. The lowest BCUT2D eigenvalue weighted by atomic mass is 9.97. The van der Waals surface area contributed by atoms with Crippen molar-refractivity contribution in [1.82, 2.24) is 15.5 Å². The van der Waals surface area contributed by atoms with Crippen molar-refractivity contribution in [3.63, 3.8) is 0 Å². The molecule has 0 fully saturated rings. The minimum Gasteiger partial charge on any atom is -0.480 e. The number of benzene rings is 1. The number of nitrogens with one attached hydrogen (secondary N) is 1. The van der Waals surface area contributed by atoms with Crippen LogP contribution < -0.4 is 10.1 Å². The third-order valence-electron chi connectivity index (χ3n) is 3.10. The fourth-order valence-corrected chi connectivity index (χ4v) is 2.20. The lowest BCUT2D eigenvalue weighted by Gasteiger charge is -2.15. The molecule has 1 aromatic carbocycles. The summed E-state index contributed by atoms with van der Waals surface area (Å²) in [7, 11) is 0. The number of ether oxygens (including phenoxy) is 1. The standard InChI is InChI=1S/C16H19BrFN3O3/c1-9(23-12-6-5-10(18)7-11(12)17)14(22)19-8-13-20-15(24-21-13)16(2,3)4/h5-7,9H,8H2,1-4H3,(H,19,22). The molecule has 2 rings (SSSR count). The van der Waals surface area contributed by atoms with Crippen molar-refractivity contribution in [3.8, 4) is 5.75 Å². The molecule has 1 atom stereocenters. The maximum atomic E-state index is 13.1. The first-order chi connectivity index (χ1) is 11.2. The van der Waals surface area contributed by atoms with E-state index in [1.165, 1.54) is 18.2 Å². The third kappa shape index (κ3) is 4.77. The molecule has 0 saturated heterocycles. The van der Waals surface area contributed by atoms with Gasteiger partial charge >= 0.3 is 0 Å². The van der Waals surface area contributed by atoms with Crippen LogP contribution in [0.15, 0.2) is 27.2 Å².